The third kappa shape index (κ3) is 3.49. The van der Waals surface area contributed by atoms with Crippen molar-refractivity contribution < 1.29 is 0 Å². The lowest BCUT2D eigenvalue weighted by atomic mass is 9.97. The Bertz CT molecular complexity index is 488. The van der Waals surface area contributed by atoms with Crippen LogP contribution in [0.25, 0.3) is 0 Å². The van der Waals surface area contributed by atoms with Crippen molar-refractivity contribution in [3.05, 3.63) is 29.6 Å². The summed E-state index contributed by atoms with van der Waals surface area (Å²) in [5, 5.41) is 3.27. The Morgan fingerprint density at radius 3 is 2.95 bits per heavy atom. The molecule has 0 aliphatic carbocycles. The fourth-order valence-corrected chi connectivity index (χ4v) is 3.49. The number of likely N-dealkylation sites (tertiary alicyclic amines) is 1. The van der Waals surface area contributed by atoms with Crippen molar-refractivity contribution in [1.29, 1.82) is 0 Å². The fourth-order valence-electron chi connectivity index (χ4n) is 3.49. The molecule has 0 amide bonds. The van der Waals surface area contributed by atoms with E-state index in [9.17, 15) is 0 Å². The maximum absolute atomic E-state index is 4.79. The Hall–Kier alpha value is -1.42. The average molecular weight is 300 g/mol. The minimum atomic E-state index is 0.312. The zero-order valence-electron chi connectivity index (χ0n) is 13.8. The summed E-state index contributed by atoms with van der Waals surface area (Å²) in [4.78, 5) is 11.7. The predicted molar refractivity (Wildman–Crippen MR) is 91.4 cm³/mol. The molecule has 3 rings (SSSR count). The highest BCUT2D eigenvalue weighted by Crippen LogP contribution is 2.27. The second-order valence-electron chi connectivity index (χ2n) is 6.67. The highest BCUT2D eigenvalue weighted by molar-refractivity contribution is 5.58. The monoisotopic (exact) mass is 300 g/mol. The first-order valence-electron chi connectivity index (χ1n) is 8.72. The lowest BCUT2D eigenvalue weighted by Crippen LogP contribution is -2.35. The Morgan fingerprint density at radius 2 is 2.27 bits per heavy atom. The second kappa shape index (κ2) is 7.23. The number of aliphatic imine (C=N–C) groups is 1. The summed E-state index contributed by atoms with van der Waals surface area (Å²) in [5.41, 5.74) is 2.51. The van der Waals surface area contributed by atoms with Crippen LogP contribution in [0, 0.1) is 0 Å². The summed E-state index contributed by atoms with van der Waals surface area (Å²) in [6, 6.07) is 5.46. The van der Waals surface area contributed by atoms with Gasteiger partial charge in [-0.15, -0.1) is 0 Å². The van der Waals surface area contributed by atoms with Crippen molar-refractivity contribution in [2.24, 2.45) is 4.99 Å². The molecule has 0 radical (unpaired) electrons. The predicted octanol–water partition coefficient (Wildman–Crippen LogP) is 3.12. The molecule has 22 heavy (non-hydrogen) atoms. The molecule has 4 nitrogen and oxygen atoms in total. The van der Waals surface area contributed by atoms with Crippen LogP contribution in [0.3, 0.4) is 0 Å². The first-order valence-corrected chi connectivity index (χ1v) is 8.72. The van der Waals surface area contributed by atoms with Gasteiger partial charge in [-0.1, -0.05) is 19.4 Å². The van der Waals surface area contributed by atoms with E-state index in [2.05, 4.69) is 41.2 Å². The van der Waals surface area contributed by atoms with Crippen molar-refractivity contribution >= 4 is 6.34 Å². The van der Waals surface area contributed by atoms with Gasteiger partial charge in [-0.2, -0.15) is 0 Å². The maximum atomic E-state index is 4.79. The van der Waals surface area contributed by atoms with Crippen LogP contribution in [0.1, 0.15) is 62.7 Å². The van der Waals surface area contributed by atoms with Gasteiger partial charge in [-0.25, -0.2) is 0 Å². The number of hydrogen-bond donors (Lipinski definition) is 1. The van der Waals surface area contributed by atoms with Gasteiger partial charge in [0.1, 0.15) is 0 Å². The number of pyridine rings is 1. The smallest absolute Gasteiger partial charge is 0.0830 e. The maximum Gasteiger partial charge on any atom is 0.0830 e. The summed E-state index contributed by atoms with van der Waals surface area (Å²) < 4.78 is 0. The van der Waals surface area contributed by atoms with Crippen LogP contribution in [-0.4, -0.2) is 41.9 Å². The van der Waals surface area contributed by atoms with E-state index in [-0.39, 0.29) is 0 Å². The van der Waals surface area contributed by atoms with Crippen molar-refractivity contribution in [3.63, 3.8) is 0 Å². The third-order valence-electron chi connectivity index (χ3n) is 5.20. The van der Waals surface area contributed by atoms with Gasteiger partial charge in [-0.05, 0) is 44.4 Å². The van der Waals surface area contributed by atoms with E-state index in [1.165, 1.54) is 43.5 Å². The molecule has 0 saturated carbocycles. The van der Waals surface area contributed by atoms with Crippen LogP contribution < -0.4 is 5.32 Å². The molecule has 3 atom stereocenters. The van der Waals surface area contributed by atoms with E-state index < -0.39 is 0 Å². The molecular weight excluding hydrogens is 272 g/mol. The molecule has 3 heterocycles. The quantitative estimate of drug-likeness (QED) is 0.929. The van der Waals surface area contributed by atoms with Gasteiger partial charge >= 0.3 is 0 Å². The highest BCUT2D eigenvalue weighted by atomic mass is 15.2. The minimum absolute atomic E-state index is 0.312. The van der Waals surface area contributed by atoms with Crippen molar-refractivity contribution in [3.8, 4) is 0 Å². The Kier molecular flexibility index (Phi) is 5.08. The van der Waals surface area contributed by atoms with Crippen LogP contribution in [0.2, 0.25) is 0 Å². The van der Waals surface area contributed by atoms with Crippen molar-refractivity contribution in [2.75, 3.05) is 19.6 Å². The first-order chi connectivity index (χ1) is 10.8. The number of nitrogens with one attached hydrogen (secondary N) is 1. The molecule has 1 fully saturated rings. The lowest BCUT2D eigenvalue weighted by Gasteiger charge is -2.29. The van der Waals surface area contributed by atoms with Crippen molar-refractivity contribution in [1.82, 2.24) is 15.2 Å². The van der Waals surface area contributed by atoms with Gasteiger partial charge < -0.3 is 10.2 Å². The first kappa shape index (κ1) is 15.5. The van der Waals surface area contributed by atoms with Crippen molar-refractivity contribution in [2.45, 2.75) is 57.5 Å². The van der Waals surface area contributed by atoms with Gasteiger partial charge in [0.15, 0.2) is 0 Å². The summed E-state index contributed by atoms with van der Waals surface area (Å²) in [6.07, 6.45) is 8.98. The van der Waals surface area contributed by atoms with E-state index in [1.807, 2.05) is 6.20 Å². The zero-order chi connectivity index (χ0) is 15.4. The molecule has 0 spiro atoms. The largest absolute Gasteiger partial charge is 0.368 e. The van der Waals surface area contributed by atoms with E-state index in [4.69, 9.17) is 4.98 Å². The summed E-state index contributed by atoms with van der Waals surface area (Å²) in [5.74, 6) is 0.582. The van der Waals surface area contributed by atoms with Crippen LogP contribution in [0.15, 0.2) is 23.3 Å². The van der Waals surface area contributed by atoms with Crippen LogP contribution in [-0.2, 0) is 0 Å². The number of aromatic nitrogens is 1. The molecular formula is C18H28N4. The van der Waals surface area contributed by atoms with E-state index >= 15 is 0 Å². The average Bonchev–Trinajstić information content (AvgIpc) is 2.99. The molecule has 1 aromatic rings. The van der Waals surface area contributed by atoms with Crippen LogP contribution in [0.5, 0.6) is 0 Å². The van der Waals surface area contributed by atoms with Gasteiger partial charge in [0.05, 0.1) is 18.9 Å². The molecule has 1 aromatic heterocycles. The van der Waals surface area contributed by atoms with Gasteiger partial charge in [0, 0.05) is 30.4 Å². The Morgan fingerprint density at radius 1 is 1.36 bits per heavy atom. The van der Waals surface area contributed by atoms with Gasteiger partial charge in [0.2, 0.25) is 0 Å². The fraction of sp³-hybridized carbons (Fsp3) is 0.667. The molecule has 120 valence electrons. The van der Waals surface area contributed by atoms with E-state index in [0.29, 0.717) is 18.0 Å². The molecule has 1 N–H and O–H groups in total. The molecule has 0 bridgehead atoms. The van der Waals surface area contributed by atoms with Crippen LogP contribution in [0.4, 0.5) is 0 Å². The topological polar surface area (TPSA) is 40.5 Å². The minimum Gasteiger partial charge on any atom is -0.368 e. The SMILES string of the molecule is CCC(C)N1CCCCC(c2ccc(C3CN=CN3)cn2)C1. The zero-order valence-corrected chi connectivity index (χ0v) is 13.8. The molecule has 1 saturated heterocycles. The lowest BCUT2D eigenvalue weighted by molar-refractivity contribution is 0.202. The number of nitrogens with zero attached hydrogens (tertiary/aromatic N) is 3. The van der Waals surface area contributed by atoms with E-state index in [0.717, 1.165) is 13.1 Å². The normalized spacial score (nSPS) is 27.4. The summed E-state index contributed by atoms with van der Waals surface area (Å²) in [6.45, 7) is 7.87. The van der Waals surface area contributed by atoms with Crippen LogP contribution >= 0.6 is 0 Å². The summed E-state index contributed by atoms with van der Waals surface area (Å²) in [7, 11) is 0. The number of hydrogen-bond acceptors (Lipinski definition) is 4. The Balaban J connectivity index is 1.69. The molecule has 4 heteroatoms. The second-order valence-corrected chi connectivity index (χ2v) is 6.67. The molecule has 3 unspecified atom stereocenters. The van der Waals surface area contributed by atoms with Gasteiger partial charge in [-0.3, -0.25) is 9.98 Å². The third-order valence-corrected chi connectivity index (χ3v) is 5.20. The highest BCUT2D eigenvalue weighted by Gasteiger charge is 2.23. The molecule has 0 aromatic carbocycles. The van der Waals surface area contributed by atoms with Gasteiger partial charge in [0.25, 0.3) is 0 Å². The molecule has 2 aliphatic heterocycles. The molecule has 2 aliphatic rings. The van der Waals surface area contributed by atoms with E-state index in [1.54, 1.807) is 6.34 Å². The Labute approximate surface area is 134 Å². The summed E-state index contributed by atoms with van der Waals surface area (Å²) >= 11 is 0. The standard InChI is InChI=1S/C18H28N4/c1-3-14(2)22-9-5-4-6-16(12-22)17-8-7-15(10-20-17)18-11-19-13-21-18/h7-8,10,13-14,16,18H,3-6,9,11-12H2,1-2H3,(H,19,21). The number of rotatable bonds is 4.